The number of aliphatic hydroxyl groups is 5. The maximum Gasteiger partial charge on any atom is 0.335 e. The first-order chi connectivity index (χ1) is 31.0. The van der Waals surface area contributed by atoms with Gasteiger partial charge in [0.05, 0.1) is 11.5 Å². The van der Waals surface area contributed by atoms with Gasteiger partial charge in [0.2, 0.25) is 0 Å². The van der Waals surface area contributed by atoms with Crippen LogP contribution in [0.1, 0.15) is 112 Å². The Kier molecular flexibility index (Phi) is 13.6. The van der Waals surface area contributed by atoms with Gasteiger partial charge in [-0.05, 0) is 123 Å². The average Bonchev–Trinajstić information content (AvgIpc) is 3.22. The number of carboxylic acid groups (broad SMARTS) is 3. The number of aromatic amines is 2. The Morgan fingerprint density at radius 3 is 1.91 bits per heavy atom. The summed E-state index contributed by atoms with van der Waals surface area (Å²) in [5.41, 5.74) is -1.28. The predicted molar refractivity (Wildman–Crippen MR) is 236 cm³/mol. The predicted octanol–water partition coefficient (Wildman–Crippen LogP) is 2.99. The van der Waals surface area contributed by atoms with E-state index in [2.05, 4.69) is 37.7 Å². The minimum atomic E-state index is -2.05. The maximum absolute atomic E-state index is 14.8. The molecule has 20 heteroatoms. The zero-order chi connectivity index (χ0) is 49.7. The van der Waals surface area contributed by atoms with E-state index in [1.54, 1.807) is 13.0 Å². The van der Waals surface area contributed by atoms with Crippen molar-refractivity contribution < 1.29 is 79.0 Å². The van der Waals surface area contributed by atoms with Gasteiger partial charge in [0, 0.05) is 11.6 Å². The molecule has 0 unspecified atom stereocenters. The number of carboxylic acids is 3. The number of nitrogens with one attached hydrogen (secondary N) is 2. The molecule has 10 N–H and O–H groups in total. The van der Waals surface area contributed by atoms with Crippen LogP contribution in [0.5, 0.6) is 0 Å². The average molecular weight is 965 g/mol. The molecule has 1 aromatic heterocycles. The fraction of sp³-hybridized carbons (Fsp3) is 0.787. The third kappa shape index (κ3) is 8.47. The Hall–Kier alpha value is -3.44. The third-order valence-electron chi connectivity index (χ3n) is 18.1. The van der Waals surface area contributed by atoms with E-state index in [9.17, 15) is 64.8 Å². The zero-order valence-electron chi connectivity index (χ0n) is 39.3. The minimum absolute atomic E-state index is 0.0217. The number of rotatable bonds is 7. The van der Waals surface area contributed by atoms with Crippen LogP contribution in [0, 0.1) is 61.8 Å². The molecule has 5 aliphatic carbocycles. The molecule has 7 aliphatic rings. The fourth-order valence-electron chi connectivity index (χ4n) is 14.0. The molecule has 19 atom stereocenters. The van der Waals surface area contributed by atoms with E-state index in [1.807, 2.05) is 26.8 Å². The Morgan fingerprint density at radius 1 is 0.731 bits per heavy atom. The largest absolute Gasteiger partial charge is 0.481 e. The molecule has 0 bridgehead atoms. The molecule has 0 spiro atoms. The Morgan fingerprint density at radius 2 is 1.33 bits per heavy atom. The number of aryl methyl sites for hydroxylation is 1. The highest BCUT2D eigenvalue weighted by atomic mass is 32.1. The first kappa shape index (κ1) is 51.4. The Bertz CT molecular complexity index is 2250. The second kappa shape index (κ2) is 17.8. The highest BCUT2D eigenvalue weighted by Crippen LogP contribution is 2.75. The lowest BCUT2D eigenvalue weighted by Gasteiger charge is -2.70. The van der Waals surface area contributed by atoms with Crippen molar-refractivity contribution in [2.45, 2.75) is 181 Å². The molecule has 19 nitrogen and oxygen atoms in total. The number of ether oxygens (including phenoxy) is 4. The molecule has 67 heavy (non-hydrogen) atoms. The number of aliphatic hydroxyl groups excluding tert-OH is 5. The number of carbonyl (C=O) groups is 4. The molecular formula is C47H68N2O17S. The molecule has 0 radical (unpaired) electrons. The first-order valence-corrected chi connectivity index (χ1v) is 23.6. The van der Waals surface area contributed by atoms with Crippen LogP contribution in [0.25, 0.3) is 0 Å². The van der Waals surface area contributed by atoms with Crippen molar-refractivity contribution >= 4 is 35.9 Å². The topological polar surface area (TPSA) is 316 Å². The van der Waals surface area contributed by atoms with Crippen LogP contribution in [0.3, 0.4) is 0 Å². The number of fused-ring (bicyclic) bond motifs is 7. The number of allylic oxidation sites excluding steroid dienone is 2. The molecule has 0 aromatic carbocycles. The van der Waals surface area contributed by atoms with Crippen molar-refractivity contribution in [2.24, 2.45) is 50.2 Å². The van der Waals surface area contributed by atoms with Gasteiger partial charge in [-0.2, -0.15) is 0 Å². The molecule has 1 aromatic rings. The number of aromatic nitrogens is 2. The van der Waals surface area contributed by atoms with E-state index >= 15 is 0 Å². The molecule has 374 valence electrons. The molecule has 2 saturated heterocycles. The van der Waals surface area contributed by atoms with Crippen LogP contribution in [-0.4, -0.2) is 142 Å². The van der Waals surface area contributed by atoms with Gasteiger partial charge >= 0.3 is 23.6 Å². The van der Waals surface area contributed by atoms with Crippen LogP contribution in [0.2, 0.25) is 0 Å². The quantitative estimate of drug-likeness (QED) is 0.139. The highest BCUT2D eigenvalue weighted by Gasteiger charge is 2.71. The van der Waals surface area contributed by atoms with Crippen LogP contribution < -0.4 is 5.69 Å². The number of H-pyrrole nitrogens is 2. The lowest BCUT2D eigenvalue weighted by Crippen LogP contribution is -2.68. The summed E-state index contributed by atoms with van der Waals surface area (Å²) in [6, 6.07) is 1.69. The number of aliphatic carboxylic acids is 3. The summed E-state index contributed by atoms with van der Waals surface area (Å²) < 4.78 is 23.8. The summed E-state index contributed by atoms with van der Waals surface area (Å²) in [7, 11) is 0. The second-order valence-electron chi connectivity index (χ2n) is 22.4. The van der Waals surface area contributed by atoms with Gasteiger partial charge in [-0.25, -0.2) is 14.4 Å². The van der Waals surface area contributed by atoms with E-state index in [4.69, 9.17) is 31.2 Å². The maximum atomic E-state index is 14.8. The second-order valence-corrected chi connectivity index (χ2v) is 22.8. The SMILES string of the molecule is CC1(C)[C@@H](O[C@H]2O[C@H](C(=O)O)[C@@H](O)[C@H](O)[C@H]2O[C@@H]2O[C@H](C(=O)O)[C@@H](O)[C@H](O)[C@H]2O)CC[C@]2(C)[C@H]3C(=O)C=C4[C@@H]5C[C@@](C)(C(=O)O)CC[C@]5(C)CC[C@@]4(C)[C@]3(C)CC[C@@H]12.Cc1cc(=S)[nH]c(=O)[nH]1. The first-order valence-electron chi connectivity index (χ1n) is 23.2. The summed E-state index contributed by atoms with van der Waals surface area (Å²) >= 11 is 4.71. The van der Waals surface area contributed by atoms with Gasteiger partial charge in [-0.3, -0.25) is 14.6 Å². The van der Waals surface area contributed by atoms with Crippen LogP contribution in [0.4, 0.5) is 0 Å². The van der Waals surface area contributed by atoms with E-state index in [0.29, 0.717) is 30.3 Å². The van der Waals surface area contributed by atoms with Crippen molar-refractivity contribution in [1.82, 2.24) is 9.97 Å². The van der Waals surface area contributed by atoms with Crippen molar-refractivity contribution in [1.29, 1.82) is 0 Å². The molecule has 8 rings (SSSR count). The molecular weight excluding hydrogens is 897 g/mol. The number of carbonyl (C=O) groups excluding carboxylic acids is 1. The molecule has 4 saturated carbocycles. The lowest BCUT2D eigenvalue weighted by molar-refractivity contribution is -0.371. The molecule has 3 heterocycles. The zero-order valence-corrected chi connectivity index (χ0v) is 40.1. The summed E-state index contributed by atoms with van der Waals surface area (Å²) in [5.74, 6) is -4.47. The van der Waals surface area contributed by atoms with Crippen molar-refractivity contribution in [3.63, 3.8) is 0 Å². The van der Waals surface area contributed by atoms with E-state index < -0.39 is 107 Å². The lowest BCUT2D eigenvalue weighted by atomic mass is 9.33. The van der Waals surface area contributed by atoms with Crippen LogP contribution >= 0.6 is 12.2 Å². The van der Waals surface area contributed by atoms with Gasteiger partial charge < -0.3 is 64.8 Å². The van der Waals surface area contributed by atoms with E-state index in [-0.39, 0.29) is 40.1 Å². The normalized spacial score (nSPS) is 46.8. The van der Waals surface area contributed by atoms with E-state index in [1.165, 1.54) is 0 Å². The Labute approximate surface area is 393 Å². The molecule has 2 aliphatic heterocycles. The van der Waals surface area contributed by atoms with E-state index in [0.717, 1.165) is 43.4 Å². The van der Waals surface area contributed by atoms with Crippen molar-refractivity contribution in [3.05, 3.63) is 38.5 Å². The number of ketones is 1. The highest BCUT2D eigenvalue weighted by molar-refractivity contribution is 7.71. The molecule has 6 fully saturated rings. The van der Waals surface area contributed by atoms with Crippen LogP contribution in [0.15, 0.2) is 22.5 Å². The summed E-state index contributed by atoms with van der Waals surface area (Å²) in [4.78, 5) is 66.8. The van der Waals surface area contributed by atoms with Crippen molar-refractivity contribution in [2.75, 3.05) is 0 Å². The van der Waals surface area contributed by atoms with Gasteiger partial charge in [0.15, 0.2) is 30.6 Å². The van der Waals surface area contributed by atoms with Gasteiger partial charge in [-0.1, -0.05) is 59.3 Å². The molecule has 0 amide bonds. The standard InChI is InChI=1S/C42H62O16.C5H6N2OS/c1-37(2)21-8-11-42(7)31(20(43)16-18-19-17-39(4,36(53)54)13-12-38(19,3)14-15-41(18,42)6)40(21,5)10-9-22(37)55-35-30(26(47)25(46)29(57-35)33(51)52)58-34-27(48)23(44)24(45)28(56-34)32(49)50;1-3-2-4(9)7-5(8)6-3/h16,19,21-31,34-35,44-48H,8-15,17H2,1-7H3,(H,49,50)(H,51,52)(H,53,54);2H,1H3,(H2,6,7,8,9)/t19-,21-,22-,23-,24-,25-,26-,27+,28-,29-,30+,31+,34-,35-,38+,39-,40-,41+,42+;/m0./s1. The summed E-state index contributed by atoms with van der Waals surface area (Å²) in [6.07, 6.45) is -12.2. The number of hydrogen-bond donors (Lipinski definition) is 10. The summed E-state index contributed by atoms with van der Waals surface area (Å²) in [5, 5.41) is 83.0. The van der Waals surface area contributed by atoms with Gasteiger partial charge in [0.25, 0.3) is 0 Å². The monoisotopic (exact) mass is 964 g/mol. The summed E-state index contributed by atoms with van der Waals surface area (Å²) in [6.45, 7) is 16.6. The smallest absolute Gasteiger partial charge is 0.335 e. The number of hydrogen-bond acceptors (Lipinski definition) is 15. The Balaban J connectivity index is 0.000000663. The van der Waals surface area contributed by atoms with Gasteiger partial charge in [-0.15, -0.1) is 0 Å². The van der Waals surface area contributed by atoms with Crippen molar-refractivity contribution in [3.8, 4) is 0 Å². The fourth-order valence-corrected chi connectivity index (χ4v) is 14.2. The third-order valence-corrected chi connectivity index (χ3v) is 18.3. The van der Waals surface area contributed by atoms with Gasteiger partial charge in [0.1, 0.15) is 41.3 Å². The van der Waals surface area contributed by atoms with Crippen LogP contribution in [-0.2, 0) is 38.1 Å². The minimum Gasteiger partial charge on any atom is -0.481 e.